The summed E-state index contributed by atoms with van der Waals surface area (Å²) in [4.78, 5) is 12.3. The van der Waals surface area contributed by atoms with E-state index in [9.17, 15) is 4.79 Å². The quantitative estimate of drug-likeness (QED) is 0.646. The number of hydrogen-bond donors (Lipinski definition) is 1. The molecule has 3 aromatic rings. The van der Waals surface area contributed by atoms with E-state index in [1.807, 2.05) is 48.7 Å². The van der Waals surface area contributed by atoms with Gasteiger partial charge in [-0.2, -0.15) is 0 Å². The van der Waals surface area contributed by atoms with Crippen molar-refractivity contribution in [3.05, 3.63) is 59.4 Å². The van der Waals surface area contributed by atoms with Crippen LogP contribution in [0.1, 0.15) is 57.0 Å². The van der Waals surface area contributed by atoms with Gasteiger partial charge in [0.2, 0.25) is 0 Å². The maximum atomic E-state index is 12.3. The molecule has 0 bridgehead atoms. The molecule has 6 heteroatoms. The predicted octanol–water partition coefficient (Wildman–Crippen LogP) is 4.31. The number of pyridine rings is 1. The third-order valence-corrected chi connectivity index (χ3v) is 4.81. The van der Waals surface area contributed by atoms with Crippen molar-refractivity contribution < 1.29 is 9.53 Å². The standard InChI is InChI=1S/C22H28N4O2/c1-15(11-20(27)28-14-16-9-7-6-8-10-16)21-25-24-19-13-17(22(2,3)4)12-18(23-5)26(19)21/h6-10,12-13,15,23H,11,14H2,1-5H3. The second kappa shape index (κ2) is 8.00. The van der Waals surface area contributed by atoms with Crippen molar-refractivity contribution in [1.29, 1.82) is 0 Å². The maximum Gasteiger partial charge on any atom is 0.306 e. The van der Waals surface area contributed by atoms with Crippen LogP contribution in [-0.4, -0.2) is 27.6 Å². The number of hydrogen-bond acceptors (Lipinski definition) is 5. The monoisotopic (exact) mass is 380 g/mol. The topological polar surface area (TPSA) is 68.5 Å². The largest absolute Gasteiger partial charge is 0.461 e. The Morgan fingerprint density at radius 3 is 2.54 bits per heavy atom. The molecule has 1 unspecified atom stereocenters. The molecule has 0 amide bonds. The maximum absolute atomic E-state index is 12.3. The number of ether oxygens (including phenoxy) is 1. The highest BCUT2D eigenvalue weighted by atomic mass is 16.5. The number of fused-ring (bicyclic) bond motifs is 1. The molecule has 1 atom stereocenters. The summed E-state index contributed by atoms with van der Waals surface area (Å²) in [7, 11) is 1.88. The molecule has 1 aromatic carbocycles. The SMILES string of the molecule is CNc1cc(C(C)(C)C)cc2nnc(C(C)CC(=O)OCc3ccccc3)n12. The van der Waals surface area contributed by atoms with Gasteiger partial charge >= 0.3 is 5.97 Å². The van der Waals surface area contributed by atoms with Crippen molar-refractivity contribution in [2.45, 2.75) is 52.1 Å². The second-order valence-electron chi connectivity index (χ2n) is 8.13. The van der Waals surface area contributed by atoms with Gasteiger partial charge in [-0.1, -0.05) is 58.0 Å². The first-order chi connectivity index (χ1) is 13.3. The summed E-state index contributed by atoms with van der Waals surface area (Å²) in [5.74, 6) is 1.29. The van der Waals surface area contributed by atoms with Crippen molar-refractivity contribution >= 4 is 17.4 Å². The third-order valence-electron chi connectivity index (χ3n) is 4.81. The third kappa shape index (κ3) is 4.32. The molecule has 0 fully saturated rings. The van der Waals surface area contributed by atoms with Crippen LogP contribution in [-0.2, 0) is 21.6 Å². The number of carbonyl (C=O) groups is 1. The number of rotatable bonds is 6. The van der Waals surface area contributed by atoms with Gasteiger partial charge in [0.1, 0.15) is 18.2 Å². The molecule has 1 N–H and O–H groups in total. The van der Waals surface area contributed by atoms with E-state index in [1.54, 1.807) is 0 Å². The molecular formula is C22H28N4O2. The Kier molecular flexibility index (Phi) is 5.68. The summed E-state index contributed by atoms with van der Waals surface area (Å²) in [5.41, 5.74) is 2.94. The Morgan fingerprint density at radius 2 is 1.89 bits per heavy atom. The van der Waals surface area contributed by atoms with Crippen LogP contribution in [0.2, 0.25) is 0 Å². The average Bonchev–Trinajstić information content (AvgIpc) is 3.10. The van der Waals surface area contributed by atoms with Crippen LogP contribution < -0.4 is 5.32 Å². The van der Waals surface area contributed by atoms with E-state index in [-0.39, 0.29) is 30.3 Å². The lowest BCUT2D eigenvalue weighted by Crippen LogP contribution is -2.15. The number of esters is 1. The van der Waals surface area contributed by atoms with Gasteiger partial charge in [0.05, 0.1) is 6.42 Å². The highest BCUT2D eigenvalue weighted by molar-refractivity contribution is 5.70. The molecule has 0 aliphatic heterocycles. The summed E-state index contributed by atoms with van der Waals surface area (Å²) >= 11 is 0. The fourth-order valence-electron chi connectivity index (χ4n) is 3.12. The van der Waals surface area contributed by atoms with Crippen molar-refractivity contribution in [3.8, 4) is 0 Å². The minimum absolute atomic E-state index is 0.00627. The normalized spacial score (nSPS) is 12.8. The number of carbonyl (C=O) groups excluding carboxylic acids is 1. The van der Waals surface area contributed by atoms with Gasteiger partial charge in [-0.05, 0) is 28.7 Å². The summed E-state index contributed by atoms with van der Waals surface area (Å²) in [5, 5.41) is 11.9. The number of nitrogens with one attached hydrogen (secondary N) is 1. The van der Waals surface area contributed by atoms with Crippen LogP contribution in [0.15, 0.2) is 42.5 Å². The van der Waals surface area contributed by atoms with E-state index in [2.05, 4.69) is 48.4 Å². The van der Waals surface area contributed by atoms with E-state index in [0.717, 1.165) is 22.9 Å². The molecule has 0 spiro atoms. The first-order valence-corrected chi connectivity index (χ1v) is 9.56. The second-order valence-corrected chi connectivity index (χ2v) is 8.13. The molecule has 28 heavy (non-hydrogen) atoms. The Balaban J connectivity index is 1.78. The minimum Gasteiger partial charge on any atom is -0.461 e. The van der Waals surface area contributed by atoms with Gasteiger partial charge in [-0.15, -0.1) is 10.2 Å². The van der Waals surface area contributed by atoms with Gasteiger partial charge in [-0.25, -0.2) is 0 Å². The Labute approximate surface area is 165 Å². The fraction of sp³-hybridized carbons (Fsp3) is 0.409. The lowest BCUT2D eigenvalue weighted by atomic mass is 9.87. The van der Waals surface area contributed by atoms with Gasteiger partial charge < -0.3 is 10.1 Å². The van der Waals surface area contributed by atoms with Crippen LogP contribution >= 0.6 is 0 Å². The molecule has 2 heterocycles. The predicted molar refractivity (Wildman–Crippen MR) is 111 cm³/mol. The zero-order chi connectivity index (χ0) is 20.3. The molecular weight excluding hydrogens is 352 g/mol. The van der Waals surface area contributed by atoms with E-state index in [1.165, 1.54) is 5.56 Å². The van der Waals surface area contributed by atoms with Crippen LogP contribution in [0, 0.1) is 0 Å². The number of anilines is 1. The van der Waals surface area contributed by atoms with Gasteiger partial charge in [-0.3, -0.25) is 9.20 Å². The van der Waals surface area contributed by atoms with Crippen molar-refractivity contribution in [1.82, 2.24) is 14.6 Å². The molecule has 0 radical (unpaired) electrons. The summed E-state index contributed by atoms with van der Waals surface area (Å²) in [6.07, 6.45) is 0.248. The van der Waals surface area contributed by atoms with Crippen molar-refractivity contribution in [3.63, 3.8) is 0 Å². The zero-order valence-electron chi connectivity index (χ0n) is 17.2. The van der Waals surface area contributed by atoms with E-state index in [4.69, 9.17) is 4.74 Å². The first kappa shape index (κ1) is 19.9. The lowest BCUT2D eigenvalue weighted by Gasteiger charge is -2.21. The van der Waals surface area contributed by atoms with Gasteiger partial charge in [0, 0.05) is 13.0 Å². The van der Waals surface area contributed by atoms with E-state index < -0.39 is 0 Å². The Bertz CT molecular complexity index is 958. The Hall–Kier alpha value is -2.89. The van der Waals surface area contributed by atoms with Crippen LogP contribution in [0.5, 0.6) is 0 Å². The van der Waals surface area contributed by atoms with Gasteiger partial charge in [0.25, 0.3) is 0 Å². The molecule has 2 aromatic heterocycles. The molecule has 0 saturated heterocycles. The molecule has 0 saturated carbocycles. The highest BCUT2D eigenvalue weighted by Gasteiger charge is 2.22. The van der Waals surface area contributed by atoms with Crippen LogP contribution in [0.4, 0.5) is 5.82 Å². The summed E-state index contributed by atoms with van der Waals surface area (Å²) < 4.78 is 7.39. The van der Waals surface area contributed by atoms with Gasteiger partial charge in [0.15, 0.2) is 5.65 Å². The van der Waals surface area contributed by atoms with E-state index >= 15 is 0 Å². The smallest absolute Gasteiger partial charge is 0.306 e. The lowest BCUT2D eigenvalue weighted by molar-refractivity contribution is -0.145. The van der Waals surface area contributed by atoms with Crippen molar-refractivity contribution in [2.75, 3.05) is 12.4 Å². The number of aromatic nitrogens is 3. The van der Waals surface area contributed by atoms with Crippen molar-refractivity contribution in [2.24, 2.45) is 0 Å². The van der Waals surface area contributed by atoms with E-state index in [0.29, 0.717) is 0 Å². The Morgan fingerprint density at radius 1 is 1.18 bits per heavy atom. The van der Waals surface area contributed by atoms with Crippen LogP contribution in [0.25, 0.3) is 5.65 Å². The molecule has 0 aliphatic rings. The highest BCUT2D eigenvalue weighted by Crippen LogP contribution is 2.29. The minimum atomic E-state index is -0.245. The molecule has 148 valence electrons. The van der Waals surface area contributed by atoms with Crippen LogP contribution in [0.3, 0.4) is 0 Å². The molecule has 0 aliphatic carbocycles. The molecule has 6 nitrogen and oxygen atoms in total. The average molecular weight is 380 g/mol. The fourth-order valence-corrected chi connectivity index (χ4v) is 3.12. The first-order valence-electron chi connectivity index (χ1n) is 9.56. The number of benzene rings is 1. The summed E-state index contributed by atoms with van der Waals surface area (Å²) in [6, 6.07) is 13.8. The molecule has 3 rings (SSSR count). The number of nitrogens with zero attached hydrogens (tertiary/aromatic N) is 3. The zero-order valence-corrected chi connectivity index (χ0v) is 17.2. The summed E-state index contributed by atoms with van der Waals surface area (Å²) in [6.45, 7) is 8.75.